The van der Waals surface area contributed by atoms with Gasteiger partial charge in [-0.15, -0.1) is 0 Å². The van der Waals surface area contributed by atoms with Crippen LogP contribution in [0.1, 0.15) is 47.5 Å². The summed E-state index contributed by atoms with van der Waals surface area (Å²) < 4.78 is 0. The molecule has 18 heavy (non-hydrogen) atoms. The minimum absolute atomic E-state index is 0.305. The first-order valence-electron chi connectivity index (χ1n) is 7.63. The minimum Gasteiger partial charge on any atom is -0.329 e. The Morgan fingerprint density at radius 3 is 1.83 bits per heavy atom. The van der Waals surface area contributed by atoms with Gasteiger partial charge in [0.25, 0.3) is 0 Å². The van der Waals surface area contributed by atoms with Crippen LogP contribution in [-0.2, 0) is 0 Å². The molecule has 0 spiro atoms. The van der Waals surface area contributed by atoms with Crippen molar-refractivity contribution in [3.05, 3.63) is 0 Å². The predicted molar refractivity (Wildman–Crippen MR) is 79.8 cm³/mol. The molecular formula is C15H33N3. The highest BCUT2D eigenvalue weighted by Gasteiger charge is 2.30. The van der Waals surface area contributed by atoms with Crippen molar-refractivity contribution in [2.75, 3.05) is 32.7 Å². The third-order valence-corrected chi connectivity index (χ3v) is 4.57. The molecule has 0 aromatic carbocycles. The van der Waals surface area contributed by atoms with Gasteiger partial charge in [0.05, 0.1) is 0 Å². The second kappa shape index (κ2) is 6.88. The van der Waals surface area contributed by atoms with E-state index in [0.717, 1.165) is 12.5 Å². The van der Waals surface area contributed by atoms with Crippen LogP contribution in [0.2, 0.25) is 0 Å². The molecular weight excluding hydrogens is 222 g/mol. The number of rotatable bonds is 5. The van der Waals surface area contributed by atoms with E-state index in [1.807, 2.05) is 0 Å². The Kier molecular flexibility index (Phi) is 6.09. The molecule has 1 unspecified atom stereocenters. The molecule has 0 amide bonds. The summed E-state index contributed by atoms with van der Waals surface area (Å²) in [5, 5.41) is 0. The fourth-order valence-electron chi connectivity index (χ4n) is 3.20. The molecule has 3 nitrogen and oxygen atoms in total. The van der Waals surface area contributed by atoms with Crippen molar-refractivity contribution in [3.63, 3.8) is 0 Å². The molecule has 1 saturated heterocycles. The number of hydrogen-bond donors (Lipinski definition) is 1. The van der Waals surface area contributed by atoms with E-state index in [9.17, 15) is 0 Å². The van der Waals surface area contributed by atoms with Crippen molar-refractivity contribution < 1.29 is 0 Å². The summed E-state index contributed by atoms with van der Waals surface area (Å²) in [6.07, 6.45) is 2.50. The number of nitrogens with zero attached hydrogens (tertiary/aromatic N) is 2. The molecule has 0 bridgehead atoms. The first-order valence-corrected chi connectivity index (χ1v) is 7.63. The van der Waals surface area contributed by atoms with Crippen LogP contribution in [0, 0.1) is 5.92 Å². The third-order valence-electron chi connectivity index (χ3n) is 4.57. The van der Waals surface area contributed by atoms with E-state index in [1.54, 1.807) is 0 Å². The van der Waals surface area contributed by atoms with Gasteiger partial charge in [-0.2, -0.15) is 0 Å². The Morgan fingerprint density at radius 2 is 1.50 bits per heavy atom. The summed E-state index contributed by atoms with van der Waals surface area (Å²) in [4.78, 5) is 5.21. The highest BCUT2D eigenvalue weighted by Crippen LogP contribution is 2.22. The average Bonchev–Trinajstić information content (AvgIpc) is 2.35. The summed E-state index contributed by atoms with van der Waals surface area (Å²) in [5.41, 5.74) is 6.33. The lowest BCUT2D eigenvalue weighted by molar-refractivity contribution is 0.0281. The Morgan fingerprint density at radius 1 is 1.00 bits per heavy atom. The number of piperazine rings is 1. The third kappa shape index (κ3) is 3.94. The molecule has 0 saturated carbocycles. The largest absolute Gasteiger partial charge is 0.329 e. The lowest BCUT2D eigenvalue weighted by Gasteiger charge is -2.46. The zero-order valence-electron chi connectivity index (χ0n) is 13.1. The first kappa shape index (κ1) is 15.9. The fraction of sp³-hybridized carbons (Fsp3) is 1.00. The van der Waals surface area contributed by atoms with E-state index in [1.165, 1.54) is 39.0 Å². The molecule has 2 N–H and O–H groups in total. The molecule has 0 aromatic rings. The Hall–Kier alpha value is -0.120. The summed E-state index contributed by atoms with van der Waals surface area (Å²) in [6, 6.07) is 0.585. The molecule has 3 heteroatoms. The van der Waals surface area contributed by atoms with Crippen molar-refractivity contribution >= 4 is 0 Å². The Bertz CT molecular complexity index is 222. The quantitative estimate of drug-likeness (QED) is 0.817. The van der Waals surface area contributed by atoms with E-state index >= 15 is 0 Å². The van der Waals surface area contributed by atoms with Gasteiger partial charge in [0.2, 0.25) is 0 Å². The van der Waals surface area contributed by atoms with Crippen LogP contribution in [-0.4, -0.2) is 54.1 Å². The van der Waals surface area contributed by atoms with Crippen LogP contribution in [0.4, 0.5) is 0 Å². The smallest absolute Gasteiger partial charge is 0.0247 e. The zero-order valence-corrected chi connectivity index (χ0v) is 13.1. The van der Waals surface area contributed by atoms with Gasteiger partial charge in [-0.1, -0.05) is 26.7 Å². The van der Waals surface area contributed by atoms with Crippen molar-refractivity contribution in [2.45, 2.75) is 59.0 Å². The number of nitrogens with two attached hydrogens (primary N) is 1. The van der Waals surface area contributed by atoms with Crippen molar-refractivity contribution in [1.29, 1.82) is 0 Å². The molecule has 0 aromatic heterocycles. The summed E-state index contributed by atoms with van der Waals surface area (Å²) in [7, 11) is 0. The maximum atomic E-state index is 6.02. The van der Waals surface area contributed by atoms with Gasteiger partial charge in [-0.3, -0.25) is 9.80 Å². The van der Waals surface area contributed by atoms with Crippen LogP contribution < -0.4 is 5.73 Å². The van der Waals surface area contributed by atoms with Crippen molar-refractivity contribution in [1.82, 2.24) is 9.80 Å². The normalized spacial score (nSPS) is 21.5. The first-order chi connectivity index (χ1) is 8.43. The molecule has 1 atom stereocenters. The zero-order chi connectivity index (χ0) is 13.8. The van der Waals surface area contributed by atoms with Gasteiger partial charge in [0.1, 0.15) is 0 Å². The van der Waals surface area contributed by atoms with E-state index in [4.69, 9.17) is 5.73 Å². The molecule has 1 aliphatic heterocycles. The fourth-order valence-corrected chi connectivity index (χ4v) is 3.20. The van der Waals surface area contributed by atoms with E-state index in [-0.39, 0.29) is 0 Å². The molecule has 0 aliphatic carbocycles. The van der Waals surface area contributed by atoms with Gasteiger partial charge >= 0.3 is 0 Å². The Labute approximate surface area is 114 Å². The van der Waals surface area contributed by atoms with Crippen LogP contribution in [0.5, 0.6) is 0 Å². The second-order valence-electron chi connectivity index (χ2n) is 6.57. The molecule has 108 valence electrons. The van der Waals surface area contributed by atoms with Crippen LogP contribution in [0.25, 0.3) is 0 Å². The maximum absolute atomic E-state index is 6.02. The average molecular weight is 255 g/mol. The van der Waals surface area contributed by atoms with Gasteiger partial charge in [0.15, 0.2) is 0 Å². The standard InChI is InChI=1S/C15H33N3/c1-6-13(7-2)14(12-16)17-8-10-18(11-9-17)15(3,4)5/h13-14H,6-12,16H2,1-5H3. The Balaban J connectivity index is 2.55. The monoisotopic (exact) mass is 255 g/mol. The van der Waals surface area contributed by atoms with Crippen LogP contribution in [0.15, 0.2) is 0 Å². The molecule has 1 fully saturated rings. The second-order valence-corrected chi connectivity index (χ2v) is 6.57. The highest BCUT2D eigenvalue weighted by molar-refractivity contribution is 4.87. The number of hydrogen-bond acceptors (Lipinski definition) is 3. The summed E-state index contributed by atoms with van der Waals surface area (Å²) >= 11 is 0. The van der Waals surface area contributed by atoms with Crippen LogP contribution >= 0.6 is 0 Å². The maximum Gasteiger partial charge on any atom is 0.0247 e. The van der Waals surface area contributed by atoms with Gasteiger partial charge in [-0.05, 0) is 26.7 Å². The highest BCUT2D eigenvalue weighted by atomic mass is 15.3. The molecule has 1 aliphatic rings. The van der Waals surface area contributed by atoms with Crippen LogP contribution in [0.3, 0.4) is 0 Å². The van der Waals surface area contributed by atoms with E-state index in [0.29, 0.717) is 11.6 Å². The molecule has 1 rings (SSSR count). The molecule has 0 radical (unpaired) electrons. The predicted octanol–water partition coefficient (Wildman–Crippen LogP) is 2.17. The topological polar surface area (TPSA) is 32.5 Å². The minimum atomic E-state index is 0.305. The van der Waals surface area contributed by atoms with Gasteiger partial charge < -0.3 is 5.73 Å². The SMILES string of the molecule is CCC(CC)C(CN)N1CCN(C(C)(C)C)CC1. The van der Waals surface area contributed by atoms with Gasteiger partial charge in [-0.25, -0.2) is 0 Å². The van der Waals surface area contributed by atoms with Crippen molar-refractivity contribution in [2.24, 2.45) is 11.7 Å². The summed E-state index contributed by atoms with van der Waals surface area (Å²) in [6.45, 7) is 17.0. The van der Waals surface area contributed by atoms with E-state index in [2.05, 4.69) is 44.4 Å². The van der Waals surface area contributed by atoms with Crippen molar-refractivity contribution in [3.8, 4) is 0 Å². The molecule has 1 heterocycles. The van der Waals surface area contributed by atoms with Gasteiger partial charge in [0, 0.05) is 44.3 Å². The lowest BCUT2D eigenvalue weighted by atomic mass is 9.92. The summed E-state index contributed by atoms with van der Waals surface area (Å²) in [5.74, 6) is 0.760. The van der Waals surface area contributed by atoms with E-state index < -0.39 is 0 Å². The lowest BCUT2D eigenvalue weighted by Crippen LogP contribution is -2.58.